The molecule has 0 saturated carbocycles. The Hall–Kier alpha value is -2.28. The fraction of sp³-hybridized carbons (Fsp3) is 0.0909. The summed E-state index contributed by atoms with van der Waals surface area (Å²) in [5.41, 5.74) is 3.33. The summed E-state index contributed by atoms with van der Waals surface area (Å²) in [5.74, 6) is -1.04. The van der Waals surface area contributed by atoms with Gasteiger partial charge in [-0.05, 0) is 17.8 Å². The number of amides is 2. The van der Waals surface area contributed by atoms with Gasteiger partial charge in [-0.15, -0.1) is 0 Å². The zero-order valence-corrected chi connectivity index (χ0v) is 10.0. The van der Waals surface area contributed by atoms with Crippen LogP contribution in [0.1, 0.15) is 5.56 Å². The molecule has 1 fully saturated rings. The molecule has 3 N–H and O–H groups in total. The standard InChI is InChI=1S/C11H10N4O2S/c16-9-8(10(17)14-11(18)13-9)15-12-6-7-4-2-1-3-5-7/h1-6,8,15H,(H2,13,14,16,17,18)/b12-6+. The Morgan fingerprint density at radius 3 is 2.39 bits per heavy atom. The van der Waals surface area contributed by atoms with Crippen LogP contribution in [0.25, 0.3) is 0 Å². The van der Waals surface area contributed by atoms with Crippen molar-refractivity contribution in [3.05, 3.63) is 35.9 Å². The first-order valence-electron chi connectivity index (χ1n) is 5.16. The highest BCUT2D eigenvalue weighted by atomic mass is 32.1. The van der Waals surface area contributed by atoms with Crippen molar-refractivity contribution in [1.82, 2.24) is 16.1 Å². The van der Waals surface area contributed by atoms with E-state index in [9.17, 15) is 9.59 Å². The molecule has 92 valence electrons. The van der Waals surface area contributed by atoms with Crippen LogP contribution in [0.5, 0.6) is 0 Å². The van der Waals surface area contributed by atoms with Crippen molar-refractivity contribution in [2.75, 3.05) is 0 Å². The zero-order valence-electron chi connectivity index (χ0n) is 9.21. The van der Waals surface area contributed by atoms with Crippen molar-refractivity contribution in [2.45, 2.75) is 6.04 Å². The topological polar surface area (TPSA) is 82.6 Å². The number of hydrogen-bond donors (Lipinski definition) is 3. The molecule has 2 amide bonds. The van der Waals surface area contributed by atoms with Gasteiger partial charge in [0.1, 0.15) is 0 Å². The molecule has 1 aliphatic rings. The van der Waals surface area contributed by atoms with E-state index >= 15 is 0 Å². The van der Waals surface area contributed by atoms with Gasteiger partial charge in [-0.2, -0.15) is 5.10 Å². The number of benzene rings is 1. The molecule has 7 heteroatoms. The summed E-state index contributed by atoms with van der Waals surface area (Å²) in [7, 11) is 0. The summed E-state index contributed by atoms with van der Waals surface area (Å²) >= 11 is 4.67. The van der Waals surface area contributed by atoms with Gasteiger partial charge in [0.05, 0.1) is 6.21 Å². The molecule has 0 spiro atoms. The van der Waals surface area contributed by atoms with Crippen molar-refractivity contribution in [2.24, 2.45) is 5.10 Å². The number of nitrogens with one attached hydrogen (secondary N) is 3. The number of carbonyl (C=O) groups excluding carboxylic acids is 2. The molecule has 1 aromatic carbocycles. The van der Waals surface area contributed by atoms with Crippen LogP contribution in [0.4, 0.5) is 0 Å². The van der Waals surface area contributed by atoms with Crippen LogP contribution in [0, 0.1) is 0 Å². The Labute approximate surface area is 108 Å². The second-order valence-corrected chi connectivity index (χ2v) is 3.95. The minimum absolute atomic E-state index is 0.00934. The maximum atomic E-state index is 11.5. The molecule has 1 aromatic rings. The maximum absolute atomic E-state index is 11.5. The Morgan fingerprint density at radius 2 is 1.78 bits per heavy atom. The molecule has 0 aliphatic carbocycles. The average Bonchev–Trinajstić information content (AvgIpc) is 2.34. The highest BCUT2D eigenvalue weighted by Crippen LogP contribution is 1.95. The maximum Gasteiger partial charge on any atom is 0.260 e. The molecule has 2 rings (SSSR count). The van der Waals surface area contributed by atoms with Gasteiger partial charge < -0.3 is 10.6 Å². The van der Waals surface area contributed by atoms with E-state index in [4.69, 9.17) is 0 Å². The van der Waals surface area contributed by atoms with Crippen molar-refractivity contribution in [3.8, 4) is 0 Å². The van der Waals surface area contributed by atoms with Crippen LogP contribution in [-0.4, -0.2) is 29.2 Å². The Kier molecular flexibility index (Phi) is 3.63. The first-order chi connectivity index (χ1) is 8.66. The van der Waals surface area contributed by atoms with Gasteiger partial charge in [0, 0.05) is 0 Å². The summed E-state index contributed by atoms with van der Waals surface area (Å²) in [6.07, 6.45) is 1.52. The summed E-state index contributed by atoms with van der Waals surface area (Å²) in [6.45, 7) is 0. The SMILES string of the molecule is O=C1NC(=S)NC(=O)C1N/N=C/c1ccccc1. The highest BCUT2D eigenvalue weighted by molar-refractivity contribution is 7.80. The van der Waals surface area contributed by atoms with E-state index in [2.05, 4.69) is 33.4 Å². The van der Waals surface area contributed by atoms with Gasteiger partial charge in [0.15, 0.2) is 5.11 Å². The number of hydrazone groups is 1. The van der Waals surface area contributed by atoms with E-state index in [0.29, 0.717) is 0 Å². The van der Waals surface area contributed by atoms with Gasteiger partial charge in [-0.3, -0.25) is 15.0 Å². The second kappa shape index (κ2) is 5.37. The lowest BCUT2D eigenvalue weighted by atomic mass is 10.2. The van der Waals surface area contributed by atoms with Crippen LogP contribution < -0.4 is 16.1 Å². The van der Waals surface area contributed by atoms with E-state index in [1.165, 1.54) is 6.21 Å². The van der Waals surface area contributed by atoms with Crippen molar-refractivity contribution >= 4 is 35.4 Å². The molecule has 18 heavy (non-hydrogen) atoms. The van der Waals surface area contributed by atoms with E-state index < -0.39 is 17.9 Å². The molecule has 1 aliphatic heterocycles. The first-order valence-corrected chi connectivity index (χ1v) is 5.57. The fourth-order valence-electron chi connectivity index (χ4n) is 1.36. The monoisotopic (exact) mass is 262 g/mol. The largest absolute Gasteiger partial charge is 0.301 e. The number of nitrogens with zero attached hydrogens (tertiary/aromatic N) is 1. The van der Waals surface area contributed by atoms with E-state index in [0.717, 1.165) is 5.56 Å². The number of carbonyl (C=O) groups is 2. The fourth-order valence-corrected chi connectivity index (χ4v) is 1.56. The second-order valence-electron chi connectivity index (χ2n) is 3.54. The van der Waals surface area contributed by atoms with Crippen molar-refractivity contribution in [1.29, 1.82) is 0 Å². The van der Waals surface area contributed by atoms with Crippen molar-refractivity contribution in [3.63, 3.8) is 0 Å². The van der Waals surface area contributed by atoms with Gasteiger partial charge >= 0.3 is 0 Å². The lowest BCUT2D eigenvalue weighted by Crippen LogP contribution is -2.62. The predicted molar refractivity (Wildman–Crippen MR) is 69.8 cm³/mol. The average molecular weight is 262 g/mol. The lowest BCUT2D eigenvalue weighted by molar-refractivity contribution is -0.132. The molecule has 1 heterocycles. The Morgan fingerprint density at radius 1 is 1.17 bits per heavy atom. The number of rotatable bonds is 3. The van der Waals surface area contributed by atoms with Crippen LogP contribution >= 0.6 is 12.2 Å². The summed E-state index contributed by atoms with van der Waals surface area (Å²) in [6, 6.07) is 8.23. The summed E-state index contributed by atoms with van der Waals surface area (Å²) in [5, 5.41) is 8.53. The third-order valence-corrected chi connectivity index (χ3v) is 2.42. The number of thiocarbonyl (C=S) groups is 1. The zero-order chi connectivity index (χ0) is 13.0. The molecule has 0 unspecified atom stereocenters. The number of hydrogen-bond acceptors (Lipinski definition) is 5. The third kappa shape index (κ3) is 2.89. The van der Waals surface area contributed by atoms with Crippen LogP contribution in [0.15, 0.2) is 35.4 Å². The first kappa shape index (κ1) is 12.2. The molecule has 0 bridgehead atoms. The molecular weight excluding hydrogens is 252 g/mol. The molecule has 0 radical (unpaired) electrons. The summed E-state index contributed by atoms with van der Waals surface area (Å²) in [4.78, 5) is 22.9. The highest BCUT2D eigenvalue weighted by Gasteiger charge is 2.32. The minimum atomic E-state index is -1.07. The normalized spacial score (nSPS) is 16.6. The van der Waals surface area contributed by atoms with Gasteiger partial charge in [-0.25, -0.2) is 0 Å². The van der Waals surface area contributed by atoms with Gasteiger partial charge in [0.2, 0.25) is 6.04 Å². The minimum Gasteiger partial charge on any atom is -0.301 e. The van der Waals surface area contributed by atoms with Crippen LogP contribution in [0.2, 0.25) is 0 Å². The van der Waals surface area contributed by atoms with E-state index in [1.54, 1.807) is 0 Å². The van der Waals surface area contributed by atoms with E-state index in [-0.39, 0.29) is 5.11 Å². The van der Waals surface area contributed by atoms with Gasteiger partial charge in [-0.1, -0.05) is 30.3 Å². The lowest BCUT2D eigenvalue weighted by Gasteiger charge is -2.21. The van der Waals surface area contributed by atoms with E-state index in [1.807, 2.05) is 30.3 Å². The smallest absolute Gasteiger partial charge is 0.260 e. The van der Waals surface area contributed by atoms with Crippen LogP contribution in [-0.2, 0) is 9.59 Å². The summed E-state index contributed by atoms with van der Waals surface area (Å²) < 4.78 is 0. The quantitative estimate of drug-likeness (QED) is 0.297. The molecule has 1 saturated heterocycles. The van der Waals surface area contributed by atoms with Crippen molar-refractivity contribution < 1.29 is 9.59 Å². The Bertz CT molecular complexity index is 495. The Balaban J connectivity index is 1.98. The van der Waals surface area contributed by atoms with Gasteiger partial charge in [0.25, 0.3) is 11.8 Å². The molecule has 0 atom stereocenters. The molecule has 0 aromatic heterocycles. The molecular formula is C11H10N4O2S. The molecule has 6 nitrogen and oxygen atoms in total. The van der Waals surface area contributed by atoms with Crippen LogP contribution in [0.3, 0.4) is 0 Å². The third-order valence-electron chi connectivity index (χ3n) is 2.21. The predicted octanol–water partition coefficient (Wildman–Crippen LogP) is -0.490.